The van der Waals surface area contributed by atoms with Crippen LogP contribution < -0.4 is 11.0 Å². The second-order valence-corrected chi connectivity index (χ2v) is 5.58. The number of carbonyl (C=O) groups excluding carboxylic acids is 1. The van der Waals surface area contributed by atoms with Gasteiger partial charge in [0.05, 0.1) is 5.69 Å². The second-order valence-electron chi connectivity index (χ2n) is 5.58. The molecule has 2 heterocycles. The average Bonchev–Trinajstić information content (AvgIpc) is 2.91. The van der Waals surface area contributed by atoms with Gasteiger partial charge in [-0.15, -0.1) is 0 Å². The van der Waals surface area contributed by atoms with Gasteiger partial charge in [0.25, 0.3) is 5.91 Å². The lowest BCUT2D eigenvalue weighted by molar-refractivity contribution is 0.102. The summed E-state index contributed by atoms with van der Waals surface area (Å²) >= 11 is 0. The van der Waals surface area contributed by atoms with Gasteiger partial charge in [-0.25, -0.2) is 4.79 Å². The van der Waals surface area contributed by atoms with E-state index in [-0.39, 0.29) is 11.5 Å². The SMILES string of the molecule is Cc1ccc(-c2cc(C(=O)Nc3cc(C)on3)[nH]c(=O)n2)c(C)c1. The summed E-state index contributed by atoms with van der Waals surface area (Å²) < 4.78 is 4.90. The normalized spacial score (nSPS) is 10.6. The largest absolute Gasteiger partial charge is 0.360 e. The molecule has 1 amide bonds. The quantitative estimate of drug-likeness (QED) is 0.771. The van der Waals surface area contributed by atoms with Gasteiger partial charge in [0, 0.05) is 11.6 Å². The van der Waals surface area contributed by atoms with Crippen molar-refractivity contribution in [3.05, 3.63) is 63.4 Å². The minimum absolute atomic E-state index is 0.102. The van der Waals surface area contributed by atoms with E-state index in [4.69, 9.17) is 4.52 Å². The van der Waals surface area contributed by atoms with Gasteiger partial charge in [0.15, 0.2) is 5.82 Å². The van der Waals surface area contributed by atoms with Crippen LogP contribution in [0.25, 0.3) is 11.3 Å². The maximum Gasteiger partial charge on any atom is 0.346 e. The highest BCUT2D eigenvalue weighted by atomic mass is 16.5. The number of aromatic amines is 1. The van der Waals surface area contributed by atoms with Crippen molar-refractivity contribution in [3.8, 4) is 11.3 Å². The highest BCUT2D eigenvalue weighted by Crippen LogP contribution is 2.22. The maximum absolute atomic E-state index is 12.3. The van der Waals surface area contributed by atoms with Crippen LogP contribution in [0.1, 0.15) is 27.4 Å². The maximum atomic E-state index is 12.3. The molecule has 0 bridgehead atoms. The van der Waals surface area contributed by atoms with E-state index in [0.29, 0.717) is 11.5 Å². The smallest absolute Gasteiger partial charge is 0.346 e. The highest BCUT2D eigenvalue weighted by molar-refractivity contribution is 6.02. The minimum Gasteiger partial charge on any atom is -0.360 e. The lowest BCUT2D eigenvalue weighted by Gasteiger charge is -2.07. The Hall–Kier alpha value is -3.22. The molecule has 1 aromatic carbocycles. The van der Waals surface area contributed by atoms with Gasteiger partial charge < -0.3 is 14.8 Å². The minimum atomic E-state index is -0.589. The average molecular weight is 324 g/mol. The summed E-state index contributed by atoms with van der Waals surface area (Å²) in [4.78, 5) is 30.6. The zero-order valence-electron chi connectivity index (χ0n) is 13.5. The van der Waals surface area contributed by atoms with Crippen LogP contribution in [-0.4, -0.2) is 21.0 Å². The summed E-state index contributed by atoms with van der Waals surface area (Å²) in [6.45, 7) is 5.64. The molecular formula is C17H16N4O3. The van der Waals surface area contributed by atoms with Crippen molar-refractivity contribution in [1.29, 1.82) is 0 Å². The second kappa shape index (κ2) is 6.11. The lowest BCUT2D eigenvalue weighted by Crippen LogP contribution is -2.21. The molecule has 0 radical (unpaired) electrons. The molecule has 0 aliphatic carbocycles. The van der Waals surface area contributed by atoms with E-state index < -0.39 is 11.6 Å². The number of anilines is 1. The van der Waals surface area contributed by atoms with Crippen LogP contribution in [-0.2, 0) is 0 Å². The number of rotatable bonds is 3. The molecule has 2 aromatic heterocycles. The third kappa shape index (κ3) is 3.24. The molecule has 0 aliphatic heterocycles. The summed E-state index contributed by atoms with van der Waals surface area (Å²) in [5.74, 6) is 0.363. The Labute approximate surface area is 137 Å². The van der Waals surface area contributed by atoms with Crippen molar-refractivity contribution >= 4 is 11.7 Å². The van der Waals surface area contributed by atoms with E-state index in [1.165, 1.54) is 0 Å². The van der Waals surface area contributed by atoms with Gasteiger partial charge in [0.2, 0.25) is 0 Å². The van der Waals surface area contributed by atoms with E-state index in [1.807, 2.05) is 32.0 Å². The highest BCUT2D eigenvalue weighted by Gasteiger charge is 2.13. The Bertz CT molecular complexity index is 972. The van der Waals surface area contributed by atoms with Crippen molar-refractivity contribution in [3.63, 3.8) is 0 Å². The Kier molecular flexibility index (Phi) is 3.99. The molecule has 3 aromatic rings. The Morgan fingerprint density at radius 3 is 2.62 bits per heavy atom. The molecule has 3 rings (SSSR count). The zero-order chi connectivity index (χ0) is 17.3. The third-order valence-electron chi connectivity index (χ3n) is 3.52. The van der Waals surface area contributed by atoms with Crippen LogP contribution in [0.5, 0.6) is 0 Å². The van der Waals surface area contributed by atoms with Gasteiger partial charge in [-0.3, -0.25) is 4.79 Å². The van der Waals surface area contributed by atoms with Crippen molar-refractivity contribution in [2.24, 2.45) is 0 Å². The van der Waals surface area contributed by atoms with Crippen molar-refractivity contribution in [1.82, 2.24) is 15.1 Å². The van der Waals surface area contributed by atoms with Crippen LogP contribution >= 0.6 is 0 Å². The van der Waals surface area contributed by atoms with E-state index in [1.54, 1.807) is 19.1 Å². The number of aromatic nitrogens is 3. The van der Waals surface area contributed by atoms with Gasteiger partial charge in [-0.1, -0.05) is 28.9 Å². The Morgan fingerprint density at radius 1 is 1.17 bits per heavy atom. The topological polar surface area (TPSA) is 101 Å². The zero-order valence-corrected chi connectivity index (χ0v) is 13.5. The van der Waals surface area contributed by atoms with Crippen LogP contribution in [0.15, 0.2) is 39.6 Å². The molecule has 0 saturated carbocycles. The number of benzene rings is 1. The van der Waals surface area contributed by atoms with E-state index in [0.717, 1.165) is 16.7 Å². The number of aryl methyl sites for hydroxylation is 3. The van der Waals surface area contributed by atoms with E-state index in [2.05, 4.69) is 20.4 Å². The van der Waals surface area contributed by atoms with Crippen molar-refractivity contribution in [2.45, 2.75) is 20.8 Å². The molecular weight excluding hydrogens is 308 g/mol. The molecule has 0 unspecified atom stereocenters. The predicted octanol–water partition coefficient (Wildman–Crippen LogP) is 2.60. The third-order valence-corrected chi connectivity index (χ3v) is 3.52. The number of H-pyrrole nitrogens is 1. The molecule has 2 N–H and O–H groups in total. The number of carbonyl (C=O) groups is 1. The van der Waals surface area contributed by atoms with Crippen molar-refractivity contribution < 1.29 is 9.32 Å². The first-order valence-electron chi connectivity index (χ1n) is 7.36. The van der Waals surface area contributed by atoms with Gasteiger partial charge >= 0.3 is 5.69 Å². The summed E-state index contributed by atoms with van der Waals surface area (Å²) in [7, 11) is 0. The molecule has 0 atom stereocenters. The van der Waals surface area contributed by atoms with E-state index >= 15 is 0 Å². The fraction of sp³-hybridized carbons (Fsp3) is 0.176. The standard InChI is InChI=1S/C17H16N4O3/c1-9-4-5-12(10(2)6-9)13-8-14(19-17(23)18-13)16(22)20-15-7-11(3)24-21-15/h4-8H,1-3H3,(H,18,19,23)(H,20,21,22). The summed E-state index contributed by atoms with van der Waals surface area (Å²) in [6.07, 6.45) is 0. The summed E-state index contributed by atoms with van der Waals surface area (Å²) in [5, 5.41) is 6.26. The van der Waals surface area contributed by atoms with Crippen LogP contribution in [0.3, 0.4) is 0 Å². The molecule has 122 valence electrons. The molecule has 24 heavy (non-hydrogen) atoms. The molecule has 7 heteroatoms. The van der Waals surface area contributed by atoms with Crippen LogP contribution in [0.4, 0.5) is 5.82 Å². The number of amides is 1. The van der Waals surface area contributed by atoms with E-state index in [9.17, 15) is 9.59 Å². The van der Waals surface area contributed by atoms with Gasteiger partial charge in [-0.05, 0) is 32.4 Å². The summed E-state index contributed by atoms with van der Waals surface area (Å²) in [6, 6.07) is 8.94. The fourth-order valence-corrected chi connectivity index (χ4v) is 2.43. The Morgan fingerprint density at radius 2 is 1.96 bits per heavy atom. The lowest BCUT2D eigenvalue weighted by atomic mass is 10.0. The Balaban J connectivity index is 1.96. The van der Waals surface area contributed by atoms with Gasteiger partial charge in [-0.2, -0.15) is 4.98 Å². The van der Waals surface area contributed by atoms with Crippen LogP contribution in [0, 0.1) is 20.8 Å². The number of hydrogen-bond acceptors (Lipinski definition) is 5. The molecule has 7 nitrogen and oxygen atoms in total. The summed E-state index contributed by atoms with van der Waals surface area (Å²) in [5.41, 5.74) is 2.85. The monoisotopic (exact) mass is 324 g/mol. The first-order chi connectivity index (χ1) is 11.4. The number of nitrogens with one attached hydrogen (secondary N) is 2. The first-order valence-corrected chi connectivity index (χ1v) is 7.36. The van der Waals surface area contributed by atoms with Gasteiger partial charge in [0.1, 0.15) is 11.5 Å². The molecule has 0 saturated heterocycles. The first kappa shape index (κ1) is 15.7. The number of nitrogens with zero attached hydrogens (tertiary/aromatic N) is 2. The van der Waals surface area contributed by atoms with Crippen LogP contribution in [0.2, 0.25) is 0 Å². The molecule has 0 spiro atoms. The molecule has 0 fully saturated rings. The van der Waals surface area contributed by atoms with Crippen molar-refractivity contribution in [2.75, 3.05) is 5.32 Å². The predicted molar refractivity (Wildman–Crippen MR) is 89.0 cm³/mol. The molecule has 0 aliphatic rings. The number of hydrogen-bond donors (Lipinski definition) is 2. The fourth-order valence-electron chi connectivity index (χ4n) is 2.43.